The summed E-state index contributed by atoms with van der Waals surface area (Å²) < 4.78 is 2.01. The molecule has 1 aromatic heterocycles. The predicted molar refractivity (Wildman–Crippen MR) is 58.3 cm³/mol. The summed E-state index contributed by atoms with van der Waals surface area (Å²) in [6.07, 6.45) is 6.28. The van der Waals surface area contributed by atoms with Crippen molar-refractivity contribution in [3.63, 3.8) is 0 Å². The second-order valence-corrected chi connectivity index (χ2v) is 5.42. The smallest absolute Gasteiger partial charge is 0.0749 e. The Kier molecular flexibility index (Phi) is 1.65. The molecule has 3 nitrogen and oxygen atoms in total. The average molecular weight is 203 g/mol. The lowest BCUT2D eigenvalue weighted by Gasteiger charge is -2.54. The zero-order valence-corrected chi connectivity index (χ0v) is 9.57. The summed E-state index contributed by atoms with van der Waals surface area (Å²) in [6.45, 7) is 7.01. The minimum atomic E-state index is 0.446. The van der Waals surface area contributed by atoms with Gasteiger partial charge in [0.05, 0.1) is 12.2 Å². The zero-order valence-electron chi connectivity index (χ0n) is 9.57. The summed E-state index contributed by atoms with van der Waals surface area (Å²) in [5, 5.41) is 8.02. The topological polar surface area (TPSA) is 30.7 Å². The van der Waals surface area contributed by atoms with Crippen LogP contribution in [-0.4, -0.2) is 15.0 Å². The predicted octanol–water partition coefficient (Wildman–Crippen LogP) is 2.59. The number of nitrogens with zero attached hydrogens (tertiary/aromatic N) is 3. The molecule has 3 aliphatic rings. The van der Waals surface area contributed by atoms with Gasteiger partial charge in [-0.05, 0) is 36.7 Å². The van der Waals surface area contributed by atoms with Crippen molar-refractivity contribution in [2.45, 2.75) is 39.7 Å². The lowest BCUT2D eigenvalue weighted by atomic mass is 9.51. The molecule has 2 bridgehead atoms. The van der Waals surface area contributed by atoms with Gasteiger partial charge in [-0.2, -0.15) is 0 Å². The van der Waals surface area contributed by atoms with Gasteiger partial charge in [-0.15, -0.1) is 5.10 Å². The lowest BCUT2D eigenvalue weighted by Crippen LogP contribution is -2.44. The van der Waals surface area contributed by atoms with Gasteiger partial charge >= 0.3 is 0 Å². The maximum atomic E-state index is 4.13. The lowest BCUT2D eigenvalue weighted by molar-refractivity contribution is 0.107. The number of hydrogen-bond donors (Lipinski definition) is 0. The number of rotatable bonds is 1. The molecule has 1 heterocycles. The van der Waals surface area contributed by atoms with Gasteiger partial charge in [-0.1, -0.05) is 24.6 Å². The van der Waals surface area contributed by atoms with Crippen LogP contribution in [0.2, 0.25) is 0 Å². The molecule has 1 saturated carbocycles. The number of fused-ring (bicyclic) bond motifs is 2. The van der Waals surface area contributed by atoms with Crippen LogP contribution in [-0.2, 0) is 0 Å². The molecule has 0 aromatic carbocycles. The van der Waals surface area contributed by atoms with Crippen LogP contribution in [0.25, 0.3) is 0 Å². The number of allylic oxidation sites excluding steroid dienone is 2. The first-order chi connectivity index (χ1) is 7.10. The molecule has 0 saturated heterocycles. The molecule has 0 spiro atoms. The van der Waals surface area contributed by atoms with E-state index in [4.69, 9.17) is 0 Å². The Morgan fingerprint density at radius 3 is 2.80 bits per heavy atom. The fourth-order valence-corrected chi connectivity index (χ4v) is 3.26. The van der Waals surface area contributed by atoms with E-state index in [1.807, 2.05) is 10.9 Å². The Hall–Kier alpha value is -1.12. The Labute approximate surface area is 90.2 Å². The standard InChI is InChI=1S/C12H17N3/c1-8-10-6-9(12(10,2)3)7-11(8)15-5-4-13-14-15/h4-5,9,11H,6-7H2,1-3H3. The molecule has 2 unspecified atom stereocenters. The normalized spacial score (nSPS) is 32.7. The van der Waals surface area contributed by atoms with Crippen molar-refractivity contribution in [2.24, 2.45) is 11.3 Å². The molecule has 0 radical (unpaired) electrons. The minimum Gasteiger partial charge on any atom is -0.245 e. The van der Waals surface area contributed by atoms with Crippen molar-refractivity contribution in [2.75, 3.05) is 0 Å². The summed E-state index contributed by atoms with van der Waals surface area (Å²) >= 11 is 0. The highest BCUT2D eigenvalue weighted by Crippen LogP contribution is 2.60. The van der Waals surface area contributed by atoms with Gasteiger partial charge in [0.1, 0.15) is 0 Å². The molecule has 2 atom stereocenters. The monoisotopic (exact) mass is 203 g/mol. The van der Waals surface area contributed by atoms with Gasteiger partial charge in [0, 0.05) is 6.20 Å². The maximum Gasteiger partial charge on any atom is 0.0749 e. The van der Waals surface area contributed by atoms with Crippen molar-refractivity contribution in [1.29, 1.82) is 0 Å². The third-order valence-corrected chi connectivity index (χ3v) is 4.49. The van der Waals surface area contributed by atoms with Gasteiger partial charge in [-0.25, -0.2) is 4.68 Å². The molecule has 4 rings (SSSR count). The fraction of sp³-hybridized carbons (Fsp3) is 0.667. The minimum absolute atomic E-state index is 0.446. The van der Waals surface area contributed by atoms with Gasteiger partial charge in [0.15, 0.2) is 0 Å². The van der Waals surface area contributed by atoms with Gasteiger partial charge in [0.25, 0.3) is 0 Å². The van der Waals surface area contributed by atoms with Gasteiger partial charge in [0.2, 0.25) is 0 Å². The molecular formula is C12H17N3. The SMILES string of the molecule is CC1=C2CC(CC1n1ccnn1)C2(C)C. The van der Waals surface area contributed by atoms with Crippen molar-refractivity contribution < 1.29 is 0 Å². The molecule has 3 aliphatic carbocycles. The van der Waals surface area contributed by atoms with E-state index in [1.165, 1.54) is 18.4 Å². The van der Waals surface area contributed by atoms with Crippen LogP contribution in [0.1, 0.15) is 39.7 Å². The number of hydrogen-bond acceptors (Lipinski definition) is 2. The van der Waals surface area contributed by atoms with Crippen LogP contribution in [0.5, 0.6) is 0 Å². The zero-order chi connectivity index (χ0) is 10.6. The molecule has 3 heteroatoms. The quantitative estimate of drug-likeness (QED) is 0.657. The molecular weight excluding hydrogens is 186 g/mol. The van der Waals surface area contributed by atoms with E-state index in [0.717, 1.165) is 5.92 Å². The largest absolute Gasteiger partial charge is 0.245 e. The summed E-state index contributed by atoms with van der Waals surface area (Å²) in [4.78, 5) is 0. The summed E-state index contributed by atoms with van der Waals surface area (Å²) in [6, 6.07) is 0.467. The van der Waals surface area contributed by atoms with E-state index in [-0.39, 0.29) is 0 Å². The van der Waals surface area contributed by atoms with E-state index in [0.29, 0.717) is 11.5 Å². The van der Waals surface area contributed by atoms with Crippen LogP contribution >= 0.6 is 0 Å². The van der Waals surface area contributed by atoms with Crippen LogP contribution < -0.4 is 0 Å². The molecule has 0 N–H and O–H groups in total. The first-order valence-corrected chi connectivity index (χ1v) is 5.66. The van der Waals surface area contributed by atoms with Crippen LogP contribution in [0.4, 0.5) is 0 Å². The van der Waals surface area contributed by atoms with E-state index in [9.17, 15) is 0 Å². The molecule has 15 heavy (non-hydrogen) atoms. The van der Waals surface area contributed by atoms with E-state index >= 15 is 0 Å². The highest BCUT2D eigenvalue weighted by Gasteiger charge is 2.49. The fourth-order valence-electron chi connectivity index (χ4n) is 3.26. The first-order valence-electron chi connectivity index (χ1n) is 5.66. The molecule has 0 amide bonds. The van der Waals surface area contributed by atoms with Crippen LogP contribution in [0, 0.1) is 11.3 Å². The Morgan fingerprint density at radius 2 is 2.27 bits per heavy atom. The van der Waals surface area contributed by atoms with Crippen molar-refractivity contribution >= 4 is 0 Å². The molecule has 1 fully saturated rings. The second-order valence-electron chi connectivity index (χ2n) is 5.42. The van der Waals surface area contributed by atoms with E-state index < -0.39 is 0 Å². The van der Waals surface area contributed by atoms with Crippen LogP contribution in [0.3, 0.4) is 0 Å². The summed E-state index contributed by atoms with van der Waals surface area (Å²) in [7, 11) is 0. The van der Waals surface area contributed by atoms with E-state index in [1.54, 1.807) is 11.8 Å². The first kappa shape index (κ1) is 9.13. The Bertz CT molecular complexity index is 414. The van der Waals surface area contributed by atoms with Crippen molar-refractivity contribution in [1.82, 2.24) is 15.0 Å². The summed E-state index contributed by atoms with van der Waals surface area (Å²) in [5.74, 6) is 0.838. The third-order valence-electron chi connectivity index (χ3n) is 4.49. The average Bonchev–Trinajstić information content (AvgIpc) is 2.70. The molecule has 80 valence electrons. The number of aromatic nitrogens is 3. The van der Waals surface area contributed by atoms with E-state index in [2.05, 4.69) is 31.1 Å². The van der Waals surface area contributed by atoms with Crippen molar-refractivity contribution in [3.8, 4) is 0 Å². The Morgan fingerprint density at radius 1 is 1.47 bits per heavy atom. The third kappa shape index (κ3) is 1.06. The Balaban J connectivity index is 2.01. The highest BCUT2D eigenvalue weighted by molar-refractivity contribution is 5.35. The van der Waals surface area contributed by atoms with Gasteiger partial charge in [-0.3, -0.25) is 0 Å². The molecule has 1 aromatic rings. The highest BCUT2D eigenvalue weighted by atomic mass is 15.4. The van der Waals surface area contributed by atoms with Crippen molar-refractivity contribution in [3.05, 3.63) is 23.5 Å². The van der Waals surface area contributed by atoms with Crippen LogP contribution in [0.15, 0.2) is 23.5 Å². The maximum absolute atomic E-state index is 4.13. The van der Waals surface area contributed by atoms with Gasteiger partial charge < -0.3 is 0 Å². The molecule has 0 aliphatic heterocycles. The summed E-state index contributed by atoms with van der Waals surface area (Å²) in [5.41, 5.74) is 3.62. The second kappa shape index (κ2) is 2.71.